The van der Waals surface area contributed by atoms with Crippen LogP contribution in [0.25, 0.3) is 0 Å². The van der Waals surface area contributed by atoms with E-state index in [2.05, 4.69) is 0 Å². The minimum Gasteiger partial charge on any atom is -0.481 e. The summed E-state index contributed by atoms with van der Waals surface area (Å²) in [6.07, 6.45) is 9.59. The van der Waals surface area contributed by atoms with Gasteiger partial charge in [0.15, 0.2) is 0 Å². The molecule has 3 N–H and O–H groups in total. The summed E-state index contributed by atoms with van der Waals surface area (Å²) in [5.41, 5.74) is 0.714. The Labute approximate surface area is 141 Å². The Kier molecular flexibility index (Phi) is 8.98. The number of benzene rings is 1. The normalized spacial score (nSPS) is 14.7. The van der Waals surface area contributed by atoms with Crippen molar-refractivity contribution < 1.29 is 20.1 Å². The number of aliphatic hydroxyl groups is 2. The molecule has 0 radical (unpaired) electrons. The van der Waals surface area contributed by atoms with E-state index in [1.807, 2.05) is 0 Å². The van der Waals surface area contributed by atoms with Gasteiger partial charge in [-0.2, -0.15) is 0 Å². The number of carboxylic acids is 1. The van der Waals surface area contributed by atoms with Gasteiger partial charge in [0, 0.05) is 11.4 Å². The molecule has 1 rings (SSSR count). The Morgan fingerprint density at radius 1 is 1.13 bits per heavy atom. The summed E-state index contributed by atoms with van der Waals surface area (Å²) in [6.45, 7) is 0. The van der Waals surface area contributed by atoms with Crippen molar-refractivity contribution in [1.82, 2.24) is 0 Å². The van der Waals surface area contributed by atoms with Gasteiger partial charge in [-0.1, -0.05) is 60.2 Å². The van der Waals surface area contributed by atoms with Crippen molar-refractivity contribution >= 4 is 17.6 Å². The molecule has 0 amide bonds. The van der Waals surface area contributed by atoms with Crippen LogP contribution in [0.15, 0.2) is 60.7 Å². The fraction of sp³-hybridized carbons (Fsp3) is 0.278. The van der Waals surface area contributed by atoms with Crippen LogP contribution in [0.3, 0.4) is 0 Å². The SMILES string of the molecule is O=C(O)CCCC(O)/C=C/C=C\C=C\C(O)c1cccc(Cl)c1. The third kappa shape index (κ3) is 8.98. The van der Waals surface area contributed by atoms with Gasteiger partial charge in [0.25, 0.3) is 0 Å². The summed E-state index contributed by atoms with van der Waals surface area (Å²) in [4.78, 5) is 10.3. The lowest BCUT2D eigenvalue weighted by Gasteiger charge is -2.05. The van der Waals surface area contributed by atoms with E-state index in [9.17, 15) is 15.0 Å². The Hall–Kier alpha value is -1.88. The second-order valence-electron chi connectivity index (χ2n) is 5.01. The molecule has 124 valence electrons. The van der Waals surface area contributed by atoms with Crippen molar-refractivity contribution in [2.75, 3.05) is 0 Å². The zero-order valence-electron chi connectivity index (χ0n) is 12.7. The minimum absolute atomic E-state index is 0.0604. The number of aliphatic carboxylic acids is 1. The molecule has 2 atom stereocenters. The number of carboxylic acid groups (broad SMARTS) is 1. The van der Waals surface area contributed by atoms with Crippen molar-refractivity contribution in [3.63, 3.8) is 0 Å². The second-order valence-corrected chi connectivity index (χ2v) is 5.44. The van der Waals surface area contributed by atoms with Crippen molar-refractivity contribution in [3.05, 3.63) is 71.3 Å². The average Bonchev–Trinajstić information content (AvgIpc) is 2.50. The van der Waals surface area contributed by atoms with E-state index in [-0.39, 0.29) is 6.42 Å². The topological polar surface area (TPSA) is 77.8 Å². The molecule has 0 aromatic heterocycles. The van der Waals surface area contributed by atoms with Crippen molar-refractivity contribution in [2.24, 2.45) is 0 Å². The molecular weight excluding hydrogens is 316 g/mol. The first-order valence-corrected chi connectivity index (χ1v) is 7.72. The molecule has 2 unspecified atom stereocenters. The predicted molar refractivity (Wildman–Crippen MR) is 91.3 cm³/mol. The van der Waals surface area contributed by atoms with Crippen LogP contribution in [0.5, 0.6) is 0 Å². The monoisotopic (exact) mass is 336 g/mol. The van der Waals surface area contributed by atoms with Crippen LogP contribution in [-0.4, -0.2) is 27.4 Å². The van der Waals surface area contributed by atoms with Crippen LogP contribution >= 0.6 is 11.6 Å². The fourth-order valence-corrected chi connectivity index (χ4v) is 2.05. The van der Waals surface area contributed by atoms with Gasteiger partial charge in [-0.05, 0) is 30.5 Å². The standard InChI is InChI=1S/C18H21ClO4/c19-15-8-5-7-14(13-15)17(21)11-4-2-1-3-9-16(20)10-6-12-18(22)23/h1-5,7-9,11,13,16-17,20-21H,6,10,12H2,(H,22,23)/b2-1-,9-3+,11-4+. The van der Waals surface area contributed by atoms with E-state index in [4.69, 9.17) is 16.7 Å². The smallest absolute Gasteiger partial charge is 0.303 e. The molecule has 4 nitrogen and oxygen atoms in total. The Morgan fingerprint density at radius 2 is 1.83 bits per heavy atom. The molecule has 0 aliphatic heterocycles. The number of halogens is 1. The summed E-state index contributed by atoms with van der Waals surface area (Å²) >= 11 is 5.86. The van der Waals surface area contributed by atoms with Gasteiger partial charge < -0.3 is 15.3 Å². The summed E-state index contributed by atoms with van der Waals surface area (Å²) < 4.78 is 0. The maximum Gasteiger partial charge on any atom is 0.303 e. The maximum atomic E-state index is 10.3. The number of carbonyl (C=O) groups is 1. The highest BCUT2D eigenvalue weighted by atomic mass is 35.5. The number of rotatable bonds is 9. The molecule has 0 fully saturated rings. The maximum absolute atomic E-state index is 10.3. The first-order valence-electron chi connectivity index (χ1n) is 7.34. The van der Waals surface area contributed by atoms with Gasteiger partial charge in [0.05, 0.1) is 12.2 Å². The van der Waals surface area contributed by atoms with Crippen LogP contribution in [-0.2, 0) is 4.79 Å². The molecule has 0 spiro atoms. The summed E-state index contributed by atoms with van der Waals surface area (Å²) in [5, 5.41) is 28.6. The van der Waals surface area contributed by atoms with Gasteiger partial charge in [-0.25, -0.2) is 0 Å². The van der Waals surface area contributed by atoms with E-state index < -0.39 is 18.2 Å². The number of hydrogen-bond acceptors (Lipinski definition) is 3. The molecule has 1 aromatic carbocycles. The predicted octanol–water partition coefficient (Wildman–Crippen LogP) is 3.66. The van der Waals surface area contributed by atoms with E-state index >= 15 is 0 Å². The van der Waals surface area contributed by atoms with E-state index in [1.165, 1.54) is 0 Å². The van der Waals surface area contributed by atoms with Crippen LogP contribution in [0.2, 0.25) is 5.02 Å². The lowest BCUT2D eigenvalue weighted by atomic mass is 10.1. The zero-order chi connectivity index (χ0) is 17.1. The third-order valence-corrected chi connectivity index (χ3v) is 3.28. The van der Waals surface area contributed by atoms with Crippen LogP contribution < -0.4 is 0 Å². The highest BCUT2D eigenvalue weighted by Crippen LogP contribution is 2.18. The zero-order valence-corrected chi connectivity index (χ0v) is 13.4. The lowest BCUT2D eigenvalue weighted by molar-refractivity contribution is -0.137. The highest BCUT2D eigenvalue weighted by Gasteiger charge is 2.02. The fourth-order valence-electron chi connectivity index (χ4n) is 1.85. The molecule has 1 aromatic rings. The highest BCUT2D eigenvalue weighted by molar-refractivity contribution is 6.30. The molecule has 0 aliphatic carbocycles. The van der Waals surface area contributed by atoms with E-state index in [0.29, 0.717) is 23.4 Å². The molecule has 23 heavy (non-hydrogen) atoms. The molecule has 0 saturated carbocycles. The number of hydrogen-bond donors (Lipinski definition) is 3. The number of allylic oxidation sites excluding steroid dienone is 4. The van der Waals surface area contributed by atoms with Gasteiger partial charge in [-0.3, -0.25) is 4.79 Å². The summed E-state index contributed by atoms with van der Waals surface area (Å²) in [5.74, 6) is -0.857. The molecule has 0 bridgehead atoms. The van der Waals surface area contributed by atoms with Gasteiger partial charge in [-0.15, -0.1) is 0 Å². The first-order chi connectivity index (χ1) is 11.0. The van der Waals surface area contributed by atoms with Crippen molar-refractivity contribution in [1.29, 1.82) is 0 Å². The third-order valence-electron chi connectivity index (χ3n) is 3.04. The average molecular weight is 337 g/mol. The second kappa shape index (κ2) is 10.8. The quantitative estimate of drug-likeness (QED) is 0.601. The molecule has 0 heterocycles. The van der Waals surface area contributed by atoms with Crippen molar-refractivity contribution in [3.8, 4) is 0 Å². The van der Waals surface area contributed by atoms with Gasteiger partial charge in [0.2, 0.25) is 0 Å². The van der Waals surface area contributed by atoms with Crippen molar-refractivity contribution in [2.45, 2.75) is 31.5 Å². The van der Waals surface area contributed by atoms with Crippen LogP contribution in [0.1, 0.15) is 30.9 Å². The lowest BCUT2D eigenvalue weighted by Crippen LogP contribution is -2.03. The van der Waals surface area contributed by atoms with Gasteiger partial charge >= 0.3 is 5.97 Å². The largest absolute Gasteiger partial charge is 0.481 e. The molecular formula is C18H21ClO4. The van der Waals surface area contributed by atoms with Crippen LogP contribution in [0, 0.1) is 0 Å². The molecule has 5 heteroatoms. The summed E-state index contributed by atoms with van der Waals surface area (Å²) in [6, 6.07) is 7.01. The van der Waals surface area contributed by atoms with E-state index in [1.54, 1.807) is 60.7 Å². The molecule has 0 aliphatic rings. The van der Waals surface area contributed by atoms with Gasteiger partial charge in [0.1, 0.15) is 0 Å². The number of aliphatic hydroxyl groups excluding tert-OH is 2. The van der Waals surface area contributed by atoms with E-state index in [0.717, 1.165) is 0 Å². The van der Waals surface area contributed by atoms with Crippen LogP contribution in [0.4, 0.5) is 0 Å². The Morgan fingerprint density at radius 3 is 2.48 bits per heavy atom. The first kappa shape index (κ1) is 19.2. The Bertz CT molecular complexity index is 578. The minimum atomic E-state index is -0.857. The Balaban J connectivity index is 2.34. The summed E-state index contributed by atoms with van der Waals surface area (Å²) in [7, 11) is 0. The molecule has 0 saturated heterocycles.